The Kier molecular flexibility index (Phi) is 4.71. The van der Waals surface area contributed by atoms with Crippen LogP contribution in [0, 0.1) is 10.1 Å². The average Bonchev–Trinajstić information content (AvgIpc) is 2.35. The van der Waals surface area contributed by atoms with Crippen LogP contribution >= 0.6 is 0 Å². The molecule has 0 bridgehead atoms. The predicted molar refractivity (Wildman–Crippen MR) is 64.6 cm³/mol. The van der Waals surface area contributed by atoms with Crippen LogP contribution in [0.1, 0.15) is 6.92 Å². The van der Waals surface area contributed by atoms with Gasteiger partial charge in [-0.15, -0.1) is 0 Å². The largest absolute Gasteiger partial charge is 0.496 e. The number of benzene rings is 1. The molecular weight excluding hydrogens is 224 g/mol. The molecule has 0 aliphatic heterocycles. The number of aliphatic hydroxyl groups excluding tert-OH is 1. The predicted octanol–water partition coefficient (Wildman–Crippen LogP) is 1.42. The number of hydrogen-bond donors (Lipinski definition) is 1. The van der Waals surface area contributed by atoms with Gasteiger partial charge in [-0.2, -0.15) is 0 Å². The van der Waals surface area contributed by atoms with E-state index in [2.05, 4.69) is 0 Å². The minimum atomic E-state index is -0.460. The van der Waals surface area contributed by atoms with E-state index < -0.39 is 4.92 Å². The van der Waals surface area contributed by atoms with Gasteiger partial charge in [0.25, 0.3) is 5.69 Å². The molecule has 1 N–H and O–H groups in total. The second-order valence-corrected chi connectivity index (χ2v) is 3.45. The van der Waals surface area contributed by atoms with Crippen molar-refractivity contribution in [3.63, 3.8) is 0 Å². The Balaban J connectivity index is 3.12. The molecule has 6 nitrogen and oxygen atoms in total. The van der Waals surface area contributed by atoms with Gasteiger partial charge in [-0.3, -0.25) is 10.1 Å². The highest BCUT2D eigenvalue weighted by Crippen LogP contribution is 2.28. The molecule has 1 aromatic carbocycles. The van der Waals surface area contributed by atoms with Gasteiger partial charge in [0.2, 0.25) is 0 Å². The number of methoxy groups -OCH3 is 1. The summed E-state index contributed by atoms with van der Waals surface area (Å²) in [7, 11) is 1.46. The normalized spacial score (nSPS) is 10.1. The fourth-order valence-electron chi connectivity index (χ4n) is 1.56. The van der Waals surface area contributed by atoms with Crippen LogP contribution in [0.5, 0.6) is 5.75 Å². The number of rotatable bonds is 6. The summed E-state index contributed by atoms with van der Waals surface area (Å²) >= 11 is 0. The summed E-state index contributed by atoms with van der Waals surface area (Å²) in [6.45, 7) is 3.01. The van der Waals surface area contributed by atoms with E-state index >= 15 is 0 Å². The summed E-state index contributed by atoms with van der Waals surface area (Å²) < 4.78 is 5.02. The highest BCUT2D eigenvalue weighted by Gasteiger charge is 2.13. The number of nitrogens with zero attached hydrogens (tertiary/aromatic N) is 2. The van der Waals surface area contributed by atoms with E-state index in [9.17, 15) is 10.1 Å². The van der Waals surface area contributed by atoms with E-state index in [4.69, 9.17) is 9.84 Å². The first-order valence-electron chi connectivity index (χ1n) is 5.31. The number of likely N-dealkylation sites (N-methyl/N-ethyl adjacent to an activating group) is 1. The molecule has 0 heterocycles. The topological polar surface area (TPSA) is 75.8 Å². The third-order valence-electron chi connectivity index (χ3n) is 2.44. The SMILES string of the molecule is CCN(CCO)c1cc(OC)cc([N+](=O)[O-])c1. The molecule has 0 saturated carbocycles. The van der Waals surface area contributed by atoms with E-state index in [1.165, 1.54) is 19.2 Å². The van der Waals surface area contributed by atoms with Crippen molar-refractivity contribution in [3.8, 4) is 5.75 Å². The fourth-order valence-corrected chi connectivity index (χ4v) is 1.56. The van der Waals surface area contributed by atoms with Crippen LogP contribution in [0.15, 0.2) is 18.2 Å². The second-order valence-electron chi connectivity index (χ2n) is 3.45. The van der Waals surface area contributed by atoms with Crippen molar-refractivity contribution in [1.29, 1.82) is 0 Å². The molecule has 0 radical (unpaired) electrons. The first kappa shape index (κ1) is 13.2. The van der Waals surface area contributed by atoms with Gasteiger partial charge in [0.1, 0.15) is 5.75 Å². The third-order valence-corrected chi connectivity index (χ3v) is 2.44. The molecule has 6 heteroatoms. The third kappa shape index (κ3) is 3.32. The zero-order chi connectivity index (χ0) is 12.8. The molecule has 0 aromatic heterocycles. The number of hydrogen-bond acceptors (Lipinski definition) is 5. The molecule has 0 saturated heterocycles. The Morgan fingerprint density at radius 3 is 2.65 bits per heavy atom. The molecule has 0 atom stereocenters. The number of aliphatic hydroxyl groups is 1. The van der Waals surface area contributed by atoms with Gasteiger partial charge in [0.05, 0.1) is 24.7 Å². The van der Waals surface area contributed by atoms with E-state index in [0.717, 1.165) is 0 Å². The highest BCUT2D eigenvalue weighted by molar-refractivity contribution is 5.58. The maximum atomic E-state index is 10.8. The monoisotopic (exact) mass is 240 g/mol. The van der Waals surface area contributed by atoms with Crippen LogP contribution in [0.3, 0.4) is 0 Å². The Morgan fingerprint density at radius 1 is 1.47 bits per heavy atom. The second kappa shape index (κ2) is 6.05. The molecule has 94 valence electrons. The summed E-state index contributed by atoms with van der Waals surface area (Å²) in [6.07, 6.45) is 0. The van der Waals surface area contributed by atoms with Crippen molar-refractivity contribution in [3.05, 3.63) is 28.3 Å². The smallest absolute Gasteiger partial charge is 0.275 e. The van der Waals surface area contributed by atoms with Crippen molar-refractivity contribution in [2.45, 2.75) is 6.92 Å². The van der Waals surface area contributed by atoms with Gasteiger partial charge in [0.15, 0.2) is 0 Å². The van der Waals surface area contributed by atoms with E-state index in [1.54, 1.807) is 6.07 Å². The van der Waals surface area contributed by atoms with E-state index in [-0.39, 0.29) is 12.3 Å². The van der Waals surface area contributed by atoms with Gasteiger partial charge in [0, 0.05) is 30.9 Å². The maximum absolute atomic E-state index is 10.8. The van der Waals surface area contributed by atoms with Crippen molar-refractivity contribution in [1.82, 2.24) is 0 Å². The van der Waals surface area contributed by atoms with Gasteiger partial charge >= 0.3 is 0 Å². The minimum absolute atomic E-state index is 0.00114. The zero-order valence-electron chi connectivity index (χ0n) is 9.92. The highest BCUT2D eigenvalue weighted by atomic mass is 16.6. The summed E-state index contributed by atoms with van der Waals surface area (Å²) in [4.78, 5) is 12.2. The van der Waals surface area contributed by atoms with Crippen LogP contribution in [0.2, 0.25) is 0 Å². The van der Waals surface area contributed by atoms with Crippen molar-refractivity contribution >= 4 is 11.4 Å². The van der Waals surface area contributed by atoms with Crippen molar-refractivity contribution in [2.75, 3.05) is 31.7 Å². The zero-order valence-corrected chi connectivity index (χ0v) is 9.92. The Morgan fingerprint density at radius 2 is 2.18 bits per heavy atom. The number of anilines is 1. The number of nitro groups is 1. The molecule has 0 unspecified atom stereocenters. The molecule has 17 heavy (non-hydrogen) atoms. The molecular formula is C11H16N2O4. The van der Waals surface area contributed by atoms with Gasteiger partial charge in [-0.1, -0.05) is 0 Å². The number of ether oxygens (including phenoxy) is 1. The summed E-state index contributed by atoms with van der Waals surface area (Å²) in [5.74, 6) is 0.436. The molecule has 0 amide bonds. The van der Waals surface area contributed by atoms with Crippen LogP contribution in [-0.2, 0) is 0 Å². The Labute approximate surface area is 99.6 Å². The summed E-state index contributed by atoms with van der Waals surface area (Å²) in [5.41, 5.74) is 0.656. The number of non-ortho nitro benzene ring substituents is 1. The summed E-state index contributed by atoms with van der Waals surface area (Å²) in [5, 5.41) is 19.7. The van der Waals surface area contributed by atoms with Crippen LogP contribution < -0.4 is 9.64 Å². The van der Waals surface area contributed by atoms with Crippen molar-refractivity contribution < 1.29 is 14.8 Å². The number of nitro benzene ring substituents is 1. The lowest BCUT2D eigenvalue weighted by molar-refractivity contribution is -0.384. The lowest BCUT2D eigenvalue weighted by Crippen LogP contribution is -2.26. The fraction of sp³-hybridized carbons (Fsp3) is 0.455. The Hall–Kier alpha value is -1.82. The standard InChI is InChI=1S/C11H16N2O4/c1-3-12(4-5-14)9-6-10(13(15)16)8-11(7-9)17-2/h6-8,14H,3-5H2,1-2H3. The average molecular weight is 240 g/mol. The van der Waals surface area contributed by atoms with Crippen LogP contribution in [0.4, 0.5) is 11.4 Å². The molecule has 1 rings (SSSR count). The maximum Gasteiger partial charge on any atom is 0.275 e. The van der Waals surface area contributed by atoms with E-state index in [1.807, 2.05) is 11.8 Å². The first-order valence-corrected chi connectivity index (χ1v) is 5.31. The summed E-state index contributed by atoms with van der Waals surface area (Å²) in [6, 6.07) is 4.56. The molecule has 0 spiro atoms. The Bertz CT molecular complexity index is 395. The van der Waals surface area contributed by atoms with Crippen molar-refractivity contribution in [2.24, 2.45) is 0 Å². The van der Waals surface area contributed by atoms with Gasteiger partial charge in [-0.25, -0.2) is 0 Å². The molecule has 0 aliphatic carbocycles. The van der Waals surface area contributed by atoms with Gasteiger partial charge < -0.3 is 14.7 Å². The molecule has 0 fully saturated rings. The van der Waals surface area contributed by atoms with Crippen LogP contribution in [0.25, 0.3) is 0 Å². The molecule has 1 aromatic rings. The lowest BCUT2D eigenvalue weighted by Gasteiger charge is -2.22. The first-order chi connectivity index (χ1) is 8.12. The quantitative estimate of drug-likeness (QED) is 0.601. The van der Waals surface area contributed by atoms with E-state index in [0.29, 0.717) is 24.5 Å². The minimum Gasteiger partial charge on any atom is -0.496 e. The lowest BCUT2D eigenvalue weighted by atomic mass is 10.2. The molecule has 0 aliphatic rings. The van der Waals surface area contributed by atoms with Gasteiger partial charge in [-0.05, 0) is 6.92 Å². The van der Waals surface area contributed by atoms with Crippen LogP contribution in [-0.4, -0.2) is 36.8 Å².